The van der Waals surface area contributed by atoms with Gasteiger partial charge in [0, 0.05) is 29.3 Å². The van der Waals surface area contributed by atoms with E-state index in [1.165, 1.54) is 19.3 Å². The Kier molecular flexibility index (Phi) is 5.03. The zero-order valence-electron chi connectivity index (χ0n) is 16.7. The van der Waals surface area contributed by atoms with Crippen LogP contribution in [-0.2, 0) is 6.54 Å². The van der Waals surface area contributed by atoms with Crippen molar-refractivity contribution in [2.75, 3.05) is 18.4 Å². The molecular weight excluding hydrogens is 376 g/mol. The van der Waals surface area contributed by atoms with Gasteiger partial charge in [0.05, 0.1) is 23.9 Å². The minimum absolute atomic E-state index is 0.139. The number of hydrogen-bond acceptors (Lipinski definition) is 4. The molecule has 0 spiro atoms. The number of aromatic amines is 1. The van der Waals surface area contributed by atoms with E-state index >= 15 is 0 Å². The number of rotatable bonds is 5. The first-order valence-electron chi connectivity index (χ1n) is 10.4. The van der Waals surface area contributed by atoms with Crippen LogP contribution in [0.25, 0.3) is 16.7 Å². The summed E-state index contributed by atoms with van der Waals surface area (Å²) in [7, 11) is 0. The van der Waals surface area contributed by atoms with Gasteiger partial charge in [-0.2, -0.15) is 0 Å². The van der Waals surface area contributed by atoms with E-state index < -0.39 is 0 Å². The largest absolute Gasteiger partial charge is 0.341 e. The summed E-state index contributed by atoms with van der Waals surface area (Å²) < 4.78 is 1.90. The van der Waals surface area contributed by atoms with Gasteiger partial charge in [-0.05, 0) is 68.4 Å². The second-order valence-corrected chi connectivity index (χ2v) is 7.72. The number of H-pyrrole nitrogens is 1. The molecule has 152 valence electrons. The number of likely N-dealkylation sites (tertiary alicyclic amines) is 1. The van der Waals surface area contributed by atoms with Crippen LogP contribution in [0.2, 0.25) is 0 Å². The number of anilines is 1. The fourth-order valence-corrected chi connectivity index (χ4v) is 3.94. The average Bonchev–Trinajstić information content (AvgIpc) is 3.44. The van der Waals surface area contributed by atoms with E-state index in [0.29, 0.717) is 5.56 Å². The number of piperidine rings is 1. The zero-order chi connectivity index (χ0) is 20.3. The van der Waals surface area contributed by atoms with Crippen LogP contribution < -0.4 is 5.32 Å². The number of fused-ring (bicyclic) bond motifs is 1. The lowest BCUT2D eigenvalue weighted by atomic mass is 10.1. The molecule has 2 N–H and O–H groups in total. The first-order valence-corrected chi connectivity index (χ1v) is 10.4. The van der Waals surface area contributed by atoms with Gasteiger partial charge in [-0.3, -0.25) is 9.69 Å². The number of imidazole rings is 2. The summed E-state index contributed by atoms with van der Waals surface area (Å²) in [6.07, 6.45) is 9.18. The van der Waals surface area contributed by atoms with Crippen molar-refractivity contribution in [3.8, 4) is 5.69 Å². The molecule has 2 aromatic carbocycles. The van der Waals surface area contributed by atoms with Gasteiger partial charge in [-0.1, -0.05) is 6.42 Å². The number of carbonyl (C=O) groups is 1. The lowest BCUT2D eigenvalue weighted by molar-refractivity contribution is 0.102. The molecule has 1 aliphatic rings. The Labute approximate surface area is 174 Å². The molecular formula is C23H24N6O. The van der Waals surface area contributed by atoms with Crippen molar-refractivity contribution < 1.29 is 4.79 Å². The third kappa shape index (κ3) is 3.97. The fourth-order valence-electron chi connectivity index (χ4n) is 3.94. The molecule has 7 nitrogen and oxygen atoms in total. The first kappa shape index (κ1) is 18.6. The first-order chi connectivity index (χ1) is 14.7. The third-order valence-electron chi connectivity index (χ3n) is 5.54. The van der Waals surface area contributed by atoms with Crippen LogP contribution in [-0.4, -0.2) is 43.4 Å². The molecule has 5 rings (SSSR count). The predicted molar refractivity (Wildman–Crippen MR) is 117 cm³/mol. The van der Waals surface area contributed by atoms with E-state index in [9.17, 15) is 4.79 Å². The number of carbonyl (C=O) groups excluding carboxylic acids is 1. The Hall–Kier alpha value is -3.45. The van der Waals surface area contributed by atoms with Crippen molar-refractivity contribution in [1.29, 1.82) is 0 Å². The van der Waals surface area contributed by atoms with E-state index in [2.05, 4.69) is 20.2 Å². The molecule has 0 aliphatic carbocycles. The monoisotopic (exact) mass is 400 g/mol. The number of nitrogens with one attached hydrogen (secondary N) is 2. The van der Waals surface area contributed by atoms with Gasteiger partial charge in [-0.15, -0.1) is 0 Å². The molecule has 30 heavy (non-hydrogen) atoms. The van der Waals surface area contributed by atoms with Crippen LogP contribution in [0, 0.1) is 0 Å². The second kappa shape index (κ2) is 8.12. The van der Waals surface area contributed by atoms with E-state index in [4.69, 9.17) is 4.98 Å². The number of hydrogen-bond donors (Lipinski definition) is 2. The topological polar surface area (TPSA) is 78.8 Å². The molecule has 1 aliphatic heterocycles. The molecule has 7 heteroatoms. The maximum absolute atomic E-state index is 12.7. The van der Waals surface area contributed by atoms with Crippen molar-refractivity contribution in [2.24, 2.45) is 0 Å². The Balaban J connectivity index is 1.28. The summed E-state index contributed by atoms with van der Waals surface area (Å²) in [5.74, 6) is 0.838. The minimum Gasteiger partial charge on any atom is -0.341 e. The molecule has 1 saturated heterocycles. The predicted octanol–water partition coefficient (Wildman–Crippen LogP) is 3.99. The van der Waals surface area contributed by atoms with Gasteiger partial charge < -0.3 is 14.9 Å². The van der Waals surface area contributed by atoms with E-state index in [1.54, 1.807) is 12.5 Å². The quantitative estimate of drug-likeness (QED) is 0.531. The van der Waals surface area contributed by atoms with Crippen molar-refractivity contribution in [1.82, 2.24) is 24.4 Å². The standard InChI is InChI=1S/C23H24N6O/c30-23(17-4-7-19(8-5-17)29-13-10-24-16-29)25-18-6-9-20-21(14-18)27-22(26-20)15-28-11-2-1-3-12-28/h4-10,13-14,16H,1-3,11-12,15H2,(H,25,30)(H,26,27). The van der Waals surface area contributed by atoms with E-state index in [0.717, 1.165) is 47.9 Å². The van der Waals surface area contributed by atoms with E-state index in [-0.39, 0.29) is 5.91 Å². The lowest BCUT2D eigenvalue weighted by Gasteiger charge is -2.25. The highest BCUT2D eigenvalue weighted by atomic mass is 16.1. The molecule has 0 saturated carbocycles. The van der Waals surface area contributed by atoms with Gasteiger partial charge in [0.25, 0.3) is 5.91 Å². The van der Waals surface area contributed by atoms with Crippen LogP contribution in [0.1, 0.15) is 35.4 Å². The molecule has 1 fully saturated rings. The van der Waals surface area contributed by atoms with Crippen molar-refractivity contribution in [3.05, 3.63) is 72.6 Å². The average molecular weight is 400 g/mol. The Morgan fingerprint density at radius 1 is 1.07 bits per heavy atom. The Morgan fingerprint density at radius 2 is 1.90 bits per heavy atom. The summed E-state index contributed by atoms with van der Waals surface area (Å²) in [5, 5.41) is 2.98. The highest BCUT2D eigenvalue weighted by Crippen LogP contribution is 2.20. The normalized spacial score (nSPS) is 14.8. The lowest BCUT2D eigenvalue weighted by Crippen LogP contribution is -2.29. The molecule has 2 aromatic heterocycles. The minimum atomic E-state index is -0.139. The molecule has 1 amide bonds. The summed E-state index contributed by atoms with van der Waals surface area (Å²) in [5.41, 5.74) is 4.18. The highest BCUT2D eigenvalue weighted by molar-refractivity contribution is 6.05. The summed E-state index contributed by atoms with van der Waals surface area (Å²) >= 11 is 0. The van der Waals surface area contributed by atoms with Crippen LogP contribution in [0.3, 0.4) is 0 Å². The van der Waals surface area contributed by atoms with Crippen molar-refractivity contribution in [3.63, 3.8) is 0 Å². The van der Waals surface area contributed by atoms with Gasteiger partial charge in [0.1, 0.15) is 5.82 Å². The molecule has 4 aromatic rings. The van der Waals surface area contributed by atoms with Gasteiger partial charge in [0.2, 0.25) is 0 Å². The Morgan fingerprint density at radius 3 is 2.67 bits per heavy atom. The maximum atomic E-state index is 12.7. The number of aromatic nitrogens is 4. The maximum Gasteiger partial charge on any atom is 0.255 e. The molecule has 3 heterocycles. The van der Waals surface area contributed by atoms with Gasteiger partial charge >= 0.3 is 0 Å². The second-order valence-electron chi connectivity index (χ2n) is 7.72. The summed E-state index contributed by atoms with van der Waals surface area (Å²) in [4.78, 5) is 27.2. The number of benzene rings is 2. The Bertz CT molecular complexity index is 1140. The summed E-state index contributed by atoms with van der Waals surface area (Å²) in [6, 6.07) is 13.2. The van der Waals surface area contributed by atoms with Crippen LogP contribution in [0.5, 0.6) is 0 Å². The zero-order valence-corrected chi connectivity index (χ0v) is 16.7. The molecule has 0 unspecified atom stereocenters. The third-order valence-corrected chi connectivity index (χ3v) is 5.54. The fraction of sp³-hybridized carbons (Fsp3) is 0.261. The van der Waals surface area contributed by atoms with Crippen LogP contribution in [0.15, 0.2) is 61.2 Å². The SMILES string of the molecule is O=C(Nc1ccc2nc(CN3CCCCC3)[nH]c2c1)c1ccc(-n2ccnc2)cc1. The molecule has 0 bridgehead atoms. The van der Waals surface area contributed by atoms with Gasteiger partial charge in [0.15, 0.2) is 0 Å². The smallest absolute Gasteiger partial charge is 0.255 e. The van der Waals surface area contributed by atoms with Crippen LogP contribution >= 0.6 is 0 Å². The number of nitrogens with zero attached hydrogens (tertiary/aromatic N) is 4. The number of amides is 1. The van der Waals surface area contributed by atoms with Gasteiger partial charge in [-0.25, -0.2) is 9.97 Å². The van der Waals surface area contributed by atoms with Crippen molar-refractivity contribution in [2.45, 2.75) is 25.8 Å². The van der Waals surface area contributed by atoms with E-state index in [1.807, 2.05) is 53.2 Å². The highest BCUT2D eigenvalue weighted by Gasteiger charge is 2.13. The van der Waals surface area contributed by atoms with Crippen molar-refractivity contribution >= 4 is 22.6 Å². The summed E-state index contributed by atoms with van der Waals surface area (Å²) in [6.45, 7) is 3.12. The molecule has 0 atom stereocenters. The molecule has 0 radical (unpaired) electrons. The van der Waals surface area contributed by atoms with Crippen LogP contribution in [0.4, 0.5) is 5.69 Å².